The van der Waals surface area contributed by atoms with Crippen molar-refractivity contribution in [3.8, 4) is 5.88 Å². The van der Waals surface area contributed by atoms with Gasteiger partial charge in [0.25, 0.3) is 15.9 Å². The quantitative estimate of drug-likeness (QED) is 0.242. The van der Waals surface area contributed by atoms with Gasteiger partial charge in [0.1, 0.15) is 0 Å². The second-order valence-electron chi connectivity index (χ2n) is 7.92. The van der Waals surface area contributed by atoms with Gasteiger partial charge in [-0.2, -0.15) is 0 Å². The van der Waals surface area contributed by atoms with Crippen molar-refractivity contribution in [2.45, 2.75) is 24.7 Å². The van der Waals surface area contributed by atoms with Crippen LogP contribution in [-0.4, -0.2) is 24.4 Å². The summed E-state index contributed by atoms with van der Waals surface area (Å²) >= 11 is 3.27. The summed E-state index contributed by atoms with van der Waals surface area (Å²) in [7, 11) is -3.77. The normalized spacial score (nSPS) is 12.0. The molecular formula is C24H21BrN4O4S. The first-order valence-corrected chi connectivity index (χ1v) is 12.6. The second-order valence-corrected chi connectivity index (χ2v) is 10.5. The zero-order valence-corrected chi connectivity index (χ0v) is 20.7. The van der Waals surface area contributed by atoms with Crippen molar-refractivity contribution in [3.05, 3.63) is 82.3 Å². The molecule has 34 heavy (non-hydrogen) atoms. The number of carbonyl (C=O) groups is 1. The van der Waals surface area contributed by atoms with E-state index in [1.54, 1.807) is 12.1 Å². The molecule has 174 valence electrons. The number of amides is 1. The number of fused-ring (bicyclic) bond motifs is 1. The number of rotatable bonds is 6. The van der Waals surface area contributed by atoms with Gasteiger partial charge in [-0.05, 0) is 72.1 Å². The molecule has 0 fully saturated rings. The minimum Gasteiger partial charge on any atom is -0.493 e. The Morgan fingerprint density at radius 2 is 1.71 bits per heavy atom. The molecule has 1 aromatic heterocycles. The molecule has 10 heteroatoms. The number of anilines is 1. The molecule has 0 atom stereocenters. The average Bonchev–Trinajstić information content (AvgIpc) is 3.12. The van der Waals surface area contributed by atoms with Gasteiger partial charge in [0.2, 0.25) is 5.88 Å². The van der Waals surface area contributed by atoms with E-state index >= 15 is 0 Å². The van der Waals surface area contributed by atoms with Crippen LogP contribution in [0.5, 0.6) is 5.88 Å². The first-order chi connectivity index (χ1) is 16.1. The van der Waals surface area contributed by atoms with Crippen molar-refractivity contribution in [3.63, 3.8) is 0 Å². The lowest BCUT2D eigenvalue weighted by Crippen LogP contribution is -2.12. The monoisotopic (exact) mass is 540 g/mol. The van der Waals surface area contributed by atoms with E-state index < -0.39 is 15.9 Å². The number of sulfonamides is 1. The predicted octanol–water partition coefficient (Wildman–Crippen LogP) is 6.48. The molecular weight excluding hydrogens is 520 g/mol. The van der Waals surface area contributed by atoms with Crippen LogP contribution in [0.2, 0.25) is 0 Å². The highest BCUT2D eigenvalue weighted by Crippen LogP contribution is 2.37. The first-order valence-electron chi connectivity index (χ1n) is 10.3. The maximum absolute atomic E-state index is 12.5. The molecule has 0 saturated carbocycles. The van der Waals surface area contributed by atoms with E-state index in [4.69, 9.17) is 0 Å². The van der Waals surface area contributed by atoms with E-state index in [9.17, 15) is 18.3 Å². The summed E-state index contributed by atoms with van der Waals surface area (Å²) in [6.07, 6.45) is 0. The Balaban J connectivity index is 1.52. The number of aromatic nitrogens is 1. The van der Waals surface area contributed by atoms with E-state index in [0.717, 1.165) is 10.0 Å². The molecule has 4 aromatic rings. The van der Waals surface area contributed by atoms with Crippen molar-refractivity contribution in [1.82, 2.24) is 4.98 Å². The van der Waals surface area contributed by atoms with E-state index in [1.807, 2.05) is 18.2 Å². The molecule has 8 nitrogen and oxygen atoms in total. The van der Waals surface area contributed by atoms with Gasteiger partial charge in [-0.25, -0.2) is 8.42 Å². The maximum atomic E-state index is 12.5. The van der Waals surface area contributed by atoms with Gasteiger partial charge in [-0.15, -0.1) is 10.2 Å². The summed E-state index contributed by atoms with van der Waals surface area (Å²) in [6, 6.07) is 17.8. The minimum absolute atomic E-state index is 0.115. The first kappa shape index (κ1) is 23.7. The van der Waals surface area contributed by atoms with Crippen LogP contribution in [0.15, 0.2) is 86.3 Å². The van der Waals surface area contributed by atoms with E-state index in [2.05, 4.69) is 49.7 Å². The topological polar surface area (TPSA) is 124 Å². The Bertz CT molecular complexity index is 1490. The number of azo groups is 1. The van der Waals surface area contributed by atoms with E-state index in [-0.39, 0.29) is 27.9 Å². The molecule has 1 heterocycles. The van der Waals surface area contributed by atoms with Crippen LogP contribution in [0.4, 0.5) is 11.4 Å². The minimum atomic E-state index is -3.77. The number of halogens is 1. The Morgan fingerprint density at radius 1 is 1.03 bits per heavy atom. The van der Waals surface area contributed by atoms with Crippen LogP contribution in [0.25, 0.3) is 10.9 Å². The second kappa shape index (κ2) is 9.40. The Morgan fingerprint density at radius 3 is 2.35 bits per heavy atom. The van der Waals surface area contributed by atoms with Crippen LogP contribution < -0.4 is 4.72 Å². The predicted molar refractivity (Wildman–Crippen MR) is 134 cm³/mol. The number of carbonyl (C=O) groups excluding carboxylic acids is 1. The smallest absolute Gasteiger partial charge is 0.295 e. The van der Waals surface area contributed by atoms with Crippen molar-refractivity contribution < 1.29 is 18.3 Å². The van der Waals surface area contributed by atoms with Crippen molar-refractivity contribution in [2.24, 2.45) is 10.2 Å². The molecule has 0 bridgehead atoms. The van der Waals surface area contributed by atoms with Crippen molar-refractivity contribution in [1.29, 1.82) is 0 Å². The molecule has 0 aliphatic rings. The molecule has 1 amide bonds. The third-order valence-electron chi connectivity index (χ3n) is 5.19. The van der Waals surface area contributed by atoms with Crippen LogP contribution >= 0.6 is 15.9 Å². The summed E-state index contributed by atoms with van der Waals surface area (Å²) in [5.74, 6) is -0.520. The third kappa shape index (κ3) is 5.02. The van der Waals surface area contributed by atoms with Crippen LogP contribution in [0, 0.1) is 0 Å². The number of benzene rings is 3. The lowest BCUT2D eigenvalue weighted by atomic mass is 10.0. The summed E-state index contributed by atoms with van der Waals surface area (Å²) in [5.41, 5.74) is 2.45. The van der Waals surface area contributed by atoms with Gasteiger partial charge >= 0.3 is 0 Å². The lowest BCUT2D eigenvalue weighted by Gasteiger charge is -2.08. The highest BCUT2D eigenvalue weighted by molar-refractivity contribution is 9.10. The highest BCUT2D eigenvalue weighted by atomic mass is 79.9. The summed E-state index contributed by atoms with van der Waals surface area (Å²) in [6.45, 7) is 4.11. The largest absolute Gasteiger partial charge is 0.493 e. The van der Waals surface area contributed by atoms with Gasteiger partial charge in [0.15, 0.2) is 5.69 Å². The fourth-order valence-electron chi connectivity index (χ4n) is 3.30. The molecule has 0 saturated heterocycles. The SMILES string of the molecule is CC(C)c1ccc2[nH]c(O)c(N=NC(=O)c3ccc(NS(=O)(=O)c4ccc(Br)cc4)cc3)c2c1. The molecule has 3 N–H and O–H groups in total. The summed E-state index contributed by atoms with van der Waals surface area (Å²) in [5, 5.41) is 18.6. The van der Waals surface area contributed by atoms with E-state index in [0.29, 0.717) is 16.6 Å². The number of hydrogen-bond donors (Lipinski definition) is 3. The number of H-pyrrole nitrogens is 1. The zero-order chi connectivity index (χ0) is 24.5. The Labute approximate surface area is 204 Å². The molecule has 0 aliphatic carbocycles. The summed E-state index contributed by atoms with van der Waals surface area (Å²) in [4.78, 5) is 15.5. The molecule has 3 aromatic carbocycles. The third-order valence-corrected chi connectivity index (χ3v) is 7.12. The van der Waals surface area contributed by atoms with Crippen molar-refractivity contribution in [2.75, 3.05) is 4.72 Å². The van der Waals surface area contributed by atoms with Gasteiger partial charge in [0.05, 0.1) is 10.4 Å². The molecule has 0 spiro atoms. The van der Waals surface area contributed by atoms with Crippen LogP contribution in [-0.2, 0) is 10.0 Å². The fourth-order valence-corrected chi connectivity index (χ4v) is 4.63. The molecule has 0 aliphatic heterocycles. The van der Waals surface area contributed by atoms with Crippen LogP contribution in [0.3, 0.4) is 0 Å². The highest BCUT2D eigenvalue weighted by Gasteiger charge is 2.15. The fraction of sp³-hybridized carbons (Fsp3) is 0.125. The molecule has 4 rings (SSSR count). The van der Waals surface area contributed by atoms with Gasteiger partial charge in [-0.3, -0.25) is 9.52 Å². The number of nitrogens with zero attached hydrogens (tertiary/aromatic N) is 2. The lowest BCUT2D eigenvalue weighted by molar-refractivity contribution is 0.0995. The van der Waals surface area contributed by atoms with Crippen molar-refractivity contribution >= 4 is 54.1 Å². The average molecular weight is 541 g/mol. The Hall–Kier alpha value is -3.50. The number of aromatic amines is 1. The number of hydrogen-bond acceptors (Lipinski definition) is 5. The molecule has 0 unspecified atom stereocenters. The summed E-state index contributed by atoms with van der Waals surface area (Å²) < 4.78 is 28.3. The number of aromatic hydroxyl groups is 1. The molecule has 0 radical (unpaired) electrons. The van der Waals surface area contributed by atoms with E-state index in [1.165, 1.54) is 36.4 Å². The van der Waals surface area contributed by atoms with Gasteiger partial charge in [-0.1, -0.05) is 35.8 Å². The standard InChI is InChI=1S/C24H21BrN4O4S/c1-14(2)16-5-12-21-20(13-16)22(24(31)26-21)27-28-23(30)15-3-8-18(9-4-15)29-34(32,33)19-10-6-17(25)7-11-19/h3-14,26,29,31H,1-2H3. The Kier molecular flexibility index (Phi) is 6.54. The maximum Gasteiger partial charge on any atom is 0.295 e. The van der Waals surface area contributed by atoms with Crippen LogP contribution in [0.1, 0.15) is 35.7 Å². The van der Waals surface area contributed by atoms with Gasteiger partial charge < -0.3 is 10.1 Å². The number of nitrogens with one attached hydrogen (secondary N) is 2. The zero-order valence-electron chi connectivity index (χ0n) is 18.3. The van der Waals surface area contributed by atoms with Gasteiger partial charge in [0, 0.05) is 21.1 Å².